The number of aliphatic hydroxyl groups excluding tert-OH is 1. The van der Waals surface area contributed by atoms with Crippen LogP contribution in [0, 0.1) is 11.7 Å². The minimum atomic E-state index is -0.840. The molecule has 1 N–H and O–H groups in total. The normalized spacial score (nSPS) is 26.7. The average molecular weight is 315 g/mol. The van der Waals surface area contributed by atoms with Gasteiger partial charge in [0.2, 0.25) is 0 Å². The second-order valence-corrected chi connectivity index (χ2v) is 6.39. The molecule has 116 valence electrons. The van der Waals surface area contributed by atoms with Crippen LogP contribution in [0.5, 0.6) is 0 Å². The van der Waals surface area contributed by atoms with E-state index < -0.39 is 11.9 Å². The van der Waals surface area contributed by atoms with E-state index in [0.717, 1.165) is 25.7 Å². The second kappa shape index (κ2) is 6.21. The number of benzene rings is 1. The van der Waals surface area contributed by atoms with Gasteiger partial charge in [0, 0.05) is 25.4 Å². The highest BCUT2D eigenvalue weighted by Gasteiger charge is 2.41. The van der Waals surface area contributed by atoms with Gasteiger partial charge in [-0.05, 0) is 37.7 Å². The Morgan fingerprint density at radius 2 is 2.05 bits per heavy atom. The molecule has 2 aliphatic heterocycles. The van der Waals surface area contributed by atoms with Crippen molar-refractivity contribution in [3.8, 4) is 0 Å². The second-order valence-electron chi connectivity index (χ2n) is 5.98. The first-order valence-corrected chi connectivity index (χ1v) is 7.83. The molecule has 1 aromatic carbocycles. The van der Waals surface area contributed by atoms with Crippen molar-refractivity contribution in [2.75, 3.05) is 19.8 Å². The summed E-state index contributed by atoms with van der Waals surface area (Å²) < 4.78 is 25.5. The zero-order valence-electron chi connectivity index (χ0n) is 11.9. The van der Waals surface area contributed by atoms with Gasteiger partial charge in [-0.2, -0.15) is 0 Å². The zero-order valence-corrected chi connectivity index (χ0v) is 12.6. The highest BCUT2D eigenvalue weighted by Crippen LogP contribution is 2.42. The van der Waals surface area contributed by atoms with E-state index in [1.807, 2.05) is 0 Å². The molecule has 0 aliphatic carbocycles. The Kier molecular flexibility index (Phi) is 4.50. The van der Waals surface area contributed by atoms with Gasteiger partial charge < -0.3 is 14.6 Å². The molecule has 2 fully saturated rings. The van der Waals surface area contributed by atoms with Gasteiger partial charge in [-0.15, -0.1) is 0 Å². The maximum absolute atomic E-state index is 14.1. The Morgan fingerprint density at radius 1 is 1.29 bits per heavy atom. The van der Waals surface area contributed by atoms with Gasteiger partial charge in [-0.25, -0.2) is 4.39 Å². The summed E-state index contributed by atoms with van der Waals surface area (Å²) in [6.07, 6.45) is 2.31. The molecule has 1 aromatic rings. The van der Waals surface area contributed by atoms with Crippen molar-refractivity contribution in [2.45, 2.75) is 37.4 Å². The van der Waals surface area contributed by atoms with E-state index in [0.29, 0.717) is 19.8 Å². The van der Waals surface area contributed by atoms with E-state index in [4.69, 9.17) is 21.1 Å². The summed E-state index contributed by atoms with van der Waals surface area (Å²) in [6, 6.07) is 4.78. The van der Waals surface area contributed by atoms with Gasteiger partial charge in [0.05, 0.1) is 16.7 Å². The molecule has 2 unspecified atom stereocenters. The van der Waals surface area contributed by atoms with Crippen molar-refractivity contribution in [1.29, 1.82) is 0 Å². The molecule has 1 spiro atoms. The minimum Gasteiger partial charge on any atom is -0.388 e. The lowest BCUT2D eigenvalue weighted by Crippen LogP contribution is -2.45. The summed E-state index contributed by atoms with van der Waals surface area (Å²) in [7, 11) is 0. The Balaban J connectivity index is 1.78. The van der Waals surface area contributed by atoms with E-state index in [1.54, 1.807) is 12.1 Å². The van der Waals surface area contributed by atoms with Gasteiger partial charge >= 0.3 is 0 Å². The van der Waals surface area contributed by atoms with Crippen molar-refractivity contribution in [2.24, 2.45) is 5.92 Å². The molecule has 2 heterocycles. The topological polar surface area (TPSA) is 38.7 Å². The molecule has 3 nitrogen and oxygen atoms in total. The van der Waals surface area contributed by atoms with Crippen LogP contribution >= 0.6 is 11.6 Å². The maximum atomic E-state index is 14.1. The molecule has 2 atom stereocenters. The standard InChI is InChI=1S/C16H20ClFO3/c17-13-3-1-2-12(14(13)18)15(19)11-4-7-21-16(10-11)5-8-20-9-6-16/h1-3,11,15,19H,4-10H2. The number of rotatable bonds is 2. The third-order valence-corrected chi connectivity index (χ3v) is 4.97. The number of ether oxygens (including phenoxy) is 2. The molecule has 5 heteroatoms. The summed E-state index contributed by atoms with van der Waals surface area (Å²) in [6.45, 7) is 1.98. The first kappa shape index (κ1) is 15.2. The lowest BCUT2D eigenvalue weighted by atomic mass is 9.77. The van der Waals surface area contributed by atoms with Gasteiger partial charge in [0.15, 0.2) is 0 Å². The fourth-order valence-corrected chi connectivity index (χ4v) is 3.61. The molecule has 21 heavy (non-hydrogen) atoms. The Labute approximate surface area is 129 Å². The molecule has 2 saturated heterocycles. The molecule has 0 aromatic heterocycles. The van der Waals surface area contributed by atoms with Gasteiger partial charge in [0.25, 0.3) is 0 Å². The average Bonchev–Trinajstić information content (AvgIpc) is 2.50. The van der Waals surface area contributed by atoms with Gasteiger partial charge in [-0.3, -0.25) is 0 Å². The highest BCUT2D eigenvalue weighted by atomic mass is 35.5. The highest BCUT2D eigenvalue weighted by molar-refractivity contribution is 6.30. The molecular weight excluding hydrogens is 295 g/mol. The van der Waals surface area contributed by atoms with Crippen LogP contribution in [0.15, 0.2) is 18.2 Å². The van der Waals surface area contributed by atoms with E-state index in [1.165, 1.54) is 6.07 Å². The van der Waals surface area contributed by atoms with E-state index >= 15 is 0 Å². The van der Waals surface area contributed by atoms with Crippen molar-refractivity contribution in [3.05, 3.63) is 34.6 Å². The largest absolute Gasteiger partial charge is 0.388 e. The minimum absolute atomic E-state index is 0.00943. The summed E-state index contributed by atoms with van der Waals surface area (Å²) >= 11 is 5.81. The Morgan fingerprint density at radius 3 is 2.81 bits per heavy atom. The molecule has 0 radical (unpaired) electrons. The van der Waals surface area contributed by atoms with Crippen LogP contribution in [0.25, 0.3) is 0 Å². The van der Waals surface area contributed by atoms with Crippen LogP contribution in [0.3, 0.4) is 0 Å². The van der Waals surface area contributed by atoms with Crippen LogP contribution in [0.1, 0.15) is 37.4 Å². The van der Waals surface area contributed by atoms with Crippen LogP contribution < -0.4 is 0 Å². The fourth-order valence-electron chi connectivity index (χ4n) is 3.43. The van der Waals surface area contributed by atoms with Crippen LogP contribution in [-0.2, 0) is 9.47 Å². The number of aliphatic hydroxyl groups is 1. The fraction of sp³-hybridized carbons (Fsp3) is 0.625. The van der Waals surface area contributed by atoms with Crippen LogP contribution in [-0.4, -0.2) is 30.5 Å². The van der Waals surface area contributed by atoms with Gasteiger partial charge in [0.1, 0.15) is 5.82 Å². The predicted octanol–water partition coefficient (Wildman–Crippen LogP) is 3.49. The maximum Gasteiger partial charge on any atom is 0.147 e. The third kappa shape index (κ3) is 3.09. The Bertz CT molecular complexity index is 497. The summed E-state index contributed by atoms with van der Waals surface area (Å²) in [4.78, 5) is 0. The number of halogens is 2. The van der Waals surface area contributed by atoms with Crippen molar-refractivity contribution >= 4 is 11.6 Å². The molecule has 0 bridgehead atoms. The SMILES string of the molecule is OC(c1cccc(Cl)c1F)C1CCOC2(CCOCC2)C1. The van der Waals surface area contributed by atoms with E-state index in [9.17, 15) is 9.50 Å². The quantitative estimate of drug-likeness (QED) is 0.908. The first-order chi connectivity index (χ1) is 10.1. The van der Waals surface area contributed by atoms with Crippen molar-refractivity contribution in [1.82, 2.24) is 0 Å². The summed E-state index contributed by atoms with van der Waals surface area (Å²) in [5, 5.41) is 10.6. The van der Waals surface area contributed by atoms with Crippen molar-refractivity contribution in [3.63, 3.8) is 0 Å². The zero-order chi connectivity index (χ0) is 14.9. The van der Waals surface area contributed by atoms with Gasteiger partial charge in [-0.1, -0.05) is 23.7 Å². The smallest absolute Gasteiger partial charge is 0.147 e. The summed E-state index contributed by atoms with van der Waals surface area (Å²) in [5.41, 5.74) is 0.0774. The number of hydrogen-bond acceptors (Lipinski definition) is 3. The third-order valence-electron chi connectivity index (χ3n) is 4.68. The summed E-state index contributed by atoms with van der Waals surface area (Å²) in [5.74, 6) is -0.524. The Hall–Kier alpha value is -0.680. The predicted molar refractivity (Wildman–Crippen MR) is 77.8 cm³/mol. The molecule has 3 rings (SSSR count). The van der Waals surface area contributed by atoms with E-state index in [2.05, 4.69) is 0 Å². The monoisotopic (exact) mass is 314 g/mol. The first-order valence-electron chi connectivity index (χ1n) is 7.45. The molecule has 0 amide bonds. The molecular formula is C16H20ClFO3. The lowest BCUT2D eigenvalue weighted by Gasteiger charge is -2.44. The van der Waals surface area contributed by atoms with Crippen LogP contribution in [0.4, 0.5) is 4.39 Å². The molecule has 2 aliphatic rings. The van der Waals surface area contributed by atoms with Crippen molar-refractivity contribution < 1.29 is 19.0 Å². The van der Waals surface area contributed by atoms with E-state index in [-0.39, 0.29) is 22.1 Å². The lowest BCUT2D eigenvalue weighted by molar-refractivity contribution is -0.159. The van der Waals surface area contributed by atoms with Crippen LogP contribution in [0.2, 0.25) is 5.02 Å². The molecule has 0 saturated carbocycles. The number of hydrogen-bond donors (Lipinski definition) is 1.